The van der Waals surface area contributed by atoms with Crippen LogP contribution in [0.1, 0.15) is 13.8 Å². The van der Waals surface area contributed by atoms with Gasteiger partial charge in [-0.1, -0.05) is 5.92 Å². The number of amides is 3. The zero-order chi connectivity index (χ0) is 15.5. The van der Waals surface area contributed by atoms with Crippen molar-refractivity contribution in [1.29, 1.82) is 0 Å². The standard InChI is InChI=1S/C13H19N3O4/c1-5-6-15(9-10(17)18)12(20)16-8-7-14(4)11(19)13(16,2)3/h1H,6-9H2,2-4H3,(H,17,18). The van der Waals surface area contributed by atoms with Gasteiger partial charge in [0.1, 0.15) is 12.1 Å². The molecule has 1 rings (SSSR count). The molecule has 1 heterocycles. The van der Waals surface area contributed by atoms with Crippen LogP contribution in [0.3, 0.4) is 0 Å². The Kier molecular flexibility index (Phi) is 4.61. The van der Waals surface area contributed by atoms with Crippen molar-refractivity contribution >= 4 is 17.9 Å². The van der Waals surface area contributed by atoms with Crippen LogP contribution in [-0.2, 0) is 9.59 Å². The number of carbonyl (C=O) groups excluding carboxylic acids is 2. The highest BCUT2D eigenvalue weighted by atomic mass is 16.4. The van der Waals surface area contributed by atoms with Crippen LogP contribution in [-0.4, -0.2) is 76.5 Å². The van der Waals surface area contributed by atoms with Crippen LogP contribution in [0.25, 0.3) is 0 Å². The quantitative estimate of drug-likeness (QED) is 0.719. The normalized spacial score (nSPS) is 17.6. The number of hydrogen-bond donors (Lipinski definition) is 1. The molecule has 1 N–H and O–H groups in total. The number of hydrogen-bond acceptors (Lipinski definition) is 3. The second-order valence-corrected chi connectivity index (χ2v) is 5.17. The van der Waals surface area contributed by atoms with Crippen molar-refractivity contribution in [3.8, 4) is 12.3 Å². The Bertz CT molecular complexity index is 467. The van der Waals surface area contributed by atoms with Crippen molar-refractivity contribution in [2.75, 3.05) is 33.2 Å². The Labute approximate surface area is 118 Å². The van der Waals surface area contributed by atoms with E-state index in [0.29, 0.717) is 13.1 Å². The Hall–Kier alpha value is -2.23. The molecule has 0 aliphatic carbocycles. The monoisotopic (exact) mass is 281 g/mol. The molecule has 0 spiro atoms. The minimum Gasteiger partial charge on any atom is -0.480 e. The van der Waals surface area contributed by atoms with E-state index in [-0.39, 0.29) is 12.5 Å². The molecule has 7 heteroatoms. The van der Waals surface area contributed by atoms with Gasteiger partial charge in [-0.25, -0.2) is 4.79 Å². The number of aliphatic carboxylic acids is 1. The van der Waals surface area contributed by atoms with E-state index in [4.69, 9.17) is 11.5 Å². The molecule has 0 radical (unpaired) electrons. The number of carboxylic acid groups (broad SMARTS) is 1. The largest absolute Gasteiger partial charge is 0.480 e. The smallest absolute Gasteiger partial charge is 0.323 e. The minimum atomic E-state index is -1.15. The highest BCUT2D eigenvalue weighted by Crippen LogP contribution is 2.23. The maximum atomic E-state index is 12.4. The van der Waals surface area contributed by atoms with Gasteiger partial charge in [0.05, 0.1) is 6.54 Å². The molecule has 1 aliphatic rings. The first-order chi connectivity index (χ1) is 9.21. The molecular formula is C13H19N3O4. The zero-order valence-electron chi connectivity index (χ0n) is 11.9. The van der Waals surface area contributed by atoms with Crippen molar-refractivity contribution in [2.24, 2.45) is 0 Å². The number of carbonyl (C=O) groups is 3. The predicted octanol–water partition coefficient (Wildman–Crippen LogP) is -0.321. The SMILES string of the molecule is C#CCN(CC(=O)O)C(=O)N1CCN(C)C(=O)C1(C)C. The molecule has 0 atom stereocenters. The summed E-state index contributed by atoms with van der Waals surface area (Å²) in [4.78, 5) is 39.3. The zero-order valence-corrected chi connectivity index (χ0v) is 11.9. The lowest BCUT2D eigenvalue weighted by Crippen LogP contribution is -2.65. The fraction of sp³-hybridized carbons (Fsp3) is 0.615. The number of likely N-dealkylation sites (N-methyl/N-ethyl adjacent to an activating group) is 1. The molecule has 1 fully saturated rings. The van der Waals surface area contributed by atoms with E-state index < -0.39 is 24.1 Å². The summed E-state index contributed by atoms with van der Waals surface area (Å²) in [6, 6.07) is -0.531. The van der Waals surface area contributed by atoms with E-state index in [9.17, 15) is 14.4 Å². The number of rotatable bonds is 3. The van der Waals surface area contributed by atoms with E-state index >= 15 is 0 Å². The Morgan fingerprint density at radius 1 is 1.45 bits per heavy atom. The molecule has 0 aromatic heterocycles. The lowest BCUT2D eigenvalue weighted by molar-refractivity contribution is -0.144. The van der Waals surface area contributed by atoms with E-state index in [1.165, 1.54) is 4.90 Å². The lowest BCUT2D eigenvalue weighted by Gasteiger charge is -2.45. The average molecular weight is 281 g/mol. The van der Waals surface area contributed by atoms with Gasteiger partial charge >= 0.3 is 12.0 Å². The van der Waals surface area contributed by atoms with E-state index in [1.807, 2.05) is 0 Å². The van der Waals surface area contributed by atoms with Crippen LogP contribution in [0, 0.1) is 12.3 Å². The maximum absolute atomic E-state index is 12.4. The third-order valence-electron chi connectivity index (χ3n) is 3.31. The summed E-state index contributed by atoms with van der Waals surface area (Å²) in [5.41, 5.74) is -1.02. The summed E-state index contributed by atoms with van der Waals surface area (Å²) in [5, 5.41) is 8.83. The van der Waals surface area contributed by atoms with E-state index in [1.54, 1.807) is 25.8 Å². The third-order valence-corrected chi connectivity index (χ3v) is 3.31. The average Bonchev–Trinajstić information content (AvgIpc) is 2.34. The molecule has 0 saturated carbocycles. The van der Waals surface area contributed by atoms with E-state index in [2.05, 4.69) is 5.92 Å². The van der Waals surface area contributed by atoms with Gasteiger partial charge < -0.3 is 19.8 Å². The van der Waals surface area contributed by atoms with Crippen LogP contribution in [0.5, 0.6) is 0 Å². The molecule has 0 aromatic carbocycles. The van der Waals surface area contributed by atoms with Crippen LogP contribution in [0.4, 0.5) is 4.79 Å². The van der Waals surface area contributed by atoms with E-state index in [0.717, 1.165) is 4.90 Å². The summed E-state index contributed by atoms with van der Waals surface area (Å²) in [6.07, 6.45) is 5.16. The van der Waals surface area contributed by atoms with Crippen LogP contribution >= 0.6 is 0 Å². The van der Waals surface area contributed by atoms with Gasteiger partial charge in [-0.05, 0) is 13.8 Å². The van der Waals surface area contributed by atoms with Crippen molar-refractivity contribution in [1.82, 2.24) is 14.7 Å². The molecule has 0 unspecified atom stereocenters. The fourth-order valence-corrected chi connectivity index (χ4v) is 2.18. The second-order valence-electron chi connectivity index (χ2n) is 5.17. The summed E-state index contributed by atoms with van der Waals surface area (Å²) in [5.74, 6) is 0.927. The first-order valence-corrected chi connectivity index (χ1v) is 6.19. The van der Waals surface area contributed by atoms with Crippen molar-refractivity contribution in [3.63, 3.8) is 0 Å². The van der Waals surface area contributed by atoms with Crippen molar-refractivity contribution in [3.05, 3.63) is 0 Å². The molecular weight excluding hydrogens is 262 g/mol. The molecule has 110 valence electrons. The first kappa shape index (κ1) is 15.8. The molecule has 1 saturated heterocycles. The predicted molar refractivity (Wildman–Crippen MR) is 71.9 cm³/mol. The number of terminal acetylenes is 1. The number of piperazine rings is 1. The molecule has 0 aromatic rings. The number of nitrogens with zero attached hydrogens (tertiary/aromatic N) is 3. The van der Waals surface area contributed by atoms with Crippen LogP contribution in [0.2, 0.25) is 0 Å². The summed E-state index contributed by atoms with van der Waals surface area (Å²) in [7, 11) is 1.67. The summed E-state index contributed by atoms with van der Waals surface area (Å²) in [6.45, 7) is 3.43. The minimum absolute atomic E-state index is 0.109. The van der Waals surface area contributed by atoms with Gasteiger partial charge in [0.25, 0.3) is 0 Å². The third kappa shape index (κ3) is 3.02. The van der Waals surface area contributed by atoms with Crippen molar-refractivity contribution in [2.45, 2.75) is 19.4 Å². The van der Waals surface area contributed by atoms with Gasteiger partial charge in [-0.3, -0.25) is 9.59 Å². The van der Waals surface area contributed by atoms with Crippen LogP contribution < -0.4 is 0 Å². The van der Waals surface area contributed by atoms with Gasteiger partial charge in [-0.15, -0.1) is 6.42 Å². The molecule has 1 aliphatic heterocycles. The van der Waals surface area contributed by atoms with Gasteiger partial charge in [0.2, 0.25) is 5.91 Å². The molecule has 7 nitrogen and oxygen atoms in total. The molecule has 0 bridgehead atoms. The topological polar surface area (TPSA) is 81.2 Å². The number of carboxylic acids is 1. The van der Waals surface area contributed by atoms with Gasteiger partial charge in [-0.2, -0.15) is 0 Å². The summed E-state index contributed by atoms with van der Waals surface area (Å²) >= 11 is 0. The Morgan fingerprint density at radius 2 is 2.05 bits per heavy atom. The molecule has 20 heavy (non-hydrogen) atoms. The highest BCUT2D eigenvalue weighted by Gasteiger charge is 2.44. The first-order valence-electron chi connectivity index (χ1n) is 6.19. The Morgan fingerprint density at radius 3 is 2.55 bits per heavy atom. The molecule has 3 amide bonds. The fourth-order valence-electron chi connectivity index (χ4n) is 2.18. The maximum Gasteiger partial charge on any atom is 0.323 e. The van der Waals surface area contributed by atoms with Crippen LogP contribution in [0.15, 0.2) is 0 Å². The highest BCUT2D eigenvalue weighted by molar-refractivity contribution is 5.92. The number of urea groups is 1. The Balaban J connectivity index is 2.96. The lowest BCUT2D eigenvalue weighted by atomic mass is 9.98. The summed E-state index contributed by atoms with van der Waals surface area (Å²) < 4.78 is 0. The van der Waals surface area contributed by atoms with Crippen molar-refractivity contribution < 1.29 is 19.5 Å². The van der Waals surface area contributed by atoms with Gasteiger partial charge in [0, 0.05) is 20.1 Å². The second kappa shape index (κ2) is 5.82. The van der Waals surface area contributed by atoms with Gasteiger partial charge in [0.15, 0.2) is 0 Å².